The second-order valence-corrected chi connectivity index (χ2v) is 4.30. The minimum Gasteiger partial charge on any atom is -0.334 e. The van der Waals surface area contributed by atoms with Gasteiger partial charge in [0.05, 0.1) is 6.04 Å². The fourth-order valence-corrected chi connectivity index (χ4v) is 2.07. The van der Waals surface area contributed by atoms with E-state index >= 15 is 0 Å². The van der Waals surface area contributed by atoms with Crippen LogP contribution in [0, 0.1) is 0 Å². The van der Waals surface area contributed by atoms with Gasteiger partial charge in [0.25, 0.3) is 0 Å². The smallest absolute Gasteiger partial charge is 0.126 e. The van der Waals surface area contributed by atoms with E-state index in [2.05, 4.69) is 35.5 Å². The van der Waals surface area contributed by atoms with Crippen LogP contribution in [0.25, 0.3) is 0 Å². The predicted molar refractivity (Wildman–Crippen MR) is 69.7 cm³/mol. The van der Waals surface area contributed by atoms with E-state index in [1.807, 2.05) is 30.6 Å². The van der Waals surface area contributed by atoms with Crippen molar-refractivity contribution in [3.8, 4) is 0 Å². The van der Waals surface area contributed by atoms with Crippen molar-refractivity contribution < 1.29 is 0 Å². The number of benzene rings is 1. The van der Waals surface area contributed by atoms with Crippen molar-refractivity contribution in [3.63, 3.8) is 0 Å². The predicted octanol–water partition coefficient (Wildman–Crippen LogP) is 2.71. The summed E-state index contributed by atoms with van der Waals surface area (Å²) in [7, 11) is 0. The summed E-state index contributed by atoms with van der Waals surface area (Å²) >= 11 is 0. The Morgan fingerprint density at radius 3 is 2.65 bits per heavy atom. The van der Waals surface area contributed by atoms with Gasteiger partial charge >= 0.3 is 0 Å². The zero-order valence-corrected chi connectivity index (χ0v) is 10.4. The molecule has 0 amide bonds. The molecule has 1 aromatic carbocycles. The maximum absolute atomic E-state index is 6.31. The largest absolute Gasteiger partial charge is 0.334 e. The van der Waals surface area contributed by atoms with Crippen molar-refractivity contribution in [2.75, 3.05) is 0 Å². The van der Waals surface area contributed by atoms with Crippen LogP contribution in [-0.4, -0.2) is 9.55 Å². The normalized spacial score (nSPS) is 14.5. The molecular weight excluding hydrogens is 210 g/mol. The molecule has 0 saturated carbocycles. The molecule has 2 N–H and O–H groups in total. The van der Waals surface area contributed by atoms with Crippen LogP contribution in [0.4, 0.5) is 0 Å². The highest BCUT2D eigenvalue weighted by Crippen LogP contribution is 2.27. The number of aromatic nitrogens is 2. The monoisotopic (exact) mass is 229 g/mol. The number of rotatable bonds is 4. The standard InChI is InChI=1S/C14H19N3/c1-3-17-10-9-16-14(17)13(15)11(2)12-7-5-4-6-8-12/h4-11,13H,3,15H2,1-2H3. The van der Waals surface area contributed by atoms with Crippen LogP contribution in [0.1, 0.15) is 37.2 Å². The Balaban J connectivity index is 2.23. The minimum absolute atomic E-state index is 0.0626. The molecule has 3 heteroatoms. The maximum atomic E-state index is 6.31. The first-order valence-corrected chi connectivity index (χ1v) is 6.05. The third-order valence-corrected chi connectivity index (χ3v) is 3.25. The molecule has 90 valence electrons. The Labute approximate surface area is 102 Å². The van der Waals surface area contributed by atoms with E-state index in [-0.39, 0.29) is 12.0 Å². The van der Waals surface area contributed by atoms with E-state index in [4.69, 9.17) is 5.73 Å². The highest BCUT2D eigenvalue weighted by Gasteiger charge is 2.20. The average molecular weight is 229 g/mol. The van der Waals surface area contributed by atoms with E-state index in [0.29, 0.717) is 0 Å². The van der Waals surface area contributed by atoms with Crippen molar-refractivity contribution in [1.82, 2.24) is 9.55 Å². The molecule has 2 atom stereocenters. The molecule has 0 aliphatic heterocycles. The summed E-state index contributed by atoms with van der Waals surface area (Å²) in [5.41, 5.74) is 7.56. The molecule has 0 bridgehead atoms. The van der Waals surface area contributed by atoms with Gasteiger partial charge in [0.15, 0.2) is 0 Å². The third kappa shape index (κ3) is 2.39. The van der Waals surface area contributed by atoms with Crippen LogP contribution >= 0.6 is 0 Å². The summed E-state index contributed by atoms with van der Waals surface area (Å²) in [5, 5.41) is 0. The van der Waals surface area contributed by atoms with Crippen molar-refractivity contribution in [1.29, 1.82) is 0 Å². The molecule has 0 fully saturated rings. The van der Waals surface area contributed by atoms with Crippen LogP contribution < -0.4 is 5.73 Å². The van der Waals surface area contributed by atoms with Crippen molar-refractivity contribution >= 4 is 0 Å². The van der Waals surface area contributed by atoms with Gasteiger partial charge in [-0.1, -0.05) is 37.3 Å². The summed E-state index contributed by atoms with van der Waals surface area (Å²) in [5.74, 6) is 1.23. The summed E-state index contributed by atoms with van der Waals surface area (Å²) in [4.78, 5) is 4.37. The molecule has 0 radical (unpaired) electrons. The number of aryl methyl sites for hydroxylation is 1. The lowest BCUT2D eigenvalue weighted by Gasteiger charge is -2.20. The van der Waals surface area contributed by atoms with Gasteiger partial charge in [-0.15, -0.1) is 0 Å². The molecule has 17 heavy (non-hydrogen) atoms. The Hall–Kier alpha value is -1.61. The molecule has 0 aliphatic carbocycles. The first-order valence-electron chi connectivity index (χ1n) is 6.05. The first kappa shape index (κ1) is 11.9. The van der Waals surface area contributed by atoms with Gasteiger partial charge in [-0.05, 0) is 12.5 Å². The van der Waals surface area contributed by atoms with Crippen LogP contribution in [0.15, 0.2) is 42.7 Å². The molecule has 0 aliphatic rings. The van der Waals surface area contributed by atoms with Gasteiger partial charge in [-0.3, -0.25) is 0 Å². The number of hydrogen-bond donors (Lipinski definition) is 1. The lowest BCUT2D eigenvalue weighted by atomic mass is 9.93. The average Bonchev–Trinajstić information content (AvgIpc) is 2.86. The molecule has 2 rings (SSSR count). The number of imidazole rings is 1. The molecule has 2 aromatic rings. The number of hydrogen-bond acceptors (Lipinski definition) is 2. The lowest BCUT2D eigenvalue weighted by molar-refractivity contribution is 0.531. The summed E-state index contributed by atoms with van der Waals surface area (Å²) in [6, 6.07) is 10.3. The fourth-order valence-electron chi connectivity index (χ4n) is 2.07. The molecule has 1 heterocycles. The molecule has 0 spiro atoms. The van der Waals surface area contributed by atoms with Crippen LogP contribution in [-0.2, 0) is 6.54 Å². The van der Waals surface area contributed by atoms with E-state index in [1.54, 1.807) is 0 Å². The molecule has 1 aromatic heterocycles. The van der Waals surface area contributed by atoms with Gasteiger partial charge in [0, 0.05) is 24.9 Å². The SMILES string of the molecule is CCn1ccnc1C(N)C(C)c1ccccc1. The van der Waals surface area contributed by atoms with Gasteiger partial charge in [-0.25, -0.2) is 4.98 Å². The number of nitrogens with two attached hydrogens (primary N) is 1. The topological polar surface area (TPSA) is 43.8 Å². The van der Waals surface area contributed by atoms with E-state index in [1.165, 1.54) is 5.56 Å². The van der Waals surface area contributed by atoms with Gasteiger partial charge in [0.1, 0.15) is 5.82 Å². The zero-order chi connectivity index (χ0) is 12.3. The highest BCUT2D eigenvalue weighted by atomic mass is 15.1. The Bertz CT molecular complexity index is 461. The summed E-state index contributed by atoms with van der Waals surface area (Å²) in [6.45, 7) is 5.16. The molecule has 3 nitrogen and oxygen atoms in total. The van der Waals surface area contributed by atoms with Crippen LogP contribution in [0.2, 0.25) is 0 Å². The minimum atomic E-state index is -0.0626. The van der Waals surface area contributed by atoms with E-state index in [9.17, 15) is 0 Å². The maximum Gasteiger partial charge on any atom is 0.126 e. The van der Waals surface area contributed by atoms with Gasteiger partial charge in [0.2, 0.25) is 0 Å². The Morgan fingerprint density at radius 1 is 1.29 bits per heavy atom. The zero-order valence-electron chi connectivity index (χ0n) is 10.4. The number of nitrogens with zero attached hydrogens (tertiary/aromatic N) is 2. The quantitative estimate of drug-likeness (QED) is 0.876. The molecular formula is C14H19N3. The summed E-state index contributed by atoms with van der Waals surface area (Å²) < 4.78 is 2.10. The summed E-state index contributed by atoms with van der Waals surface area (Å²) in [6.07, 6.45) is 3.79. The molecule has 0 saturated heterocycles. The first-order chi connectivity index (χ1) is 8.24. The van der Waals surface area contributed by atoms with Crippen molar-refractivity contribution in [2.45, 2.75) is 32.4 Å². The highest BCUT2D eigenvalue weighted by molar-refractivity contribution is 5.22. The van der Waals surface area contributed by atoms with E-state index in [0.717, 1.165) is 12.4 Å². The van der Waals surface area contributed by atoms with Gasteiger partial charge < -0.3 is 10.3 Å². The lowest BCUT2D eigenvalue weighted by Crippen LogP contribution is -2.22. The Morgan fingerprint density at radius 2 is 2.00 bits per heavy atom. The van der Waals surface area contributed by atoms with Gasteiger partial charge in [-0.2, -0.15) is 0 Å². The van der Waals surface area contributed by atoms with Crippen molar-refractivity contribution in [3.05, 3.63) is 54.1 Å². The van der Waals surface area contributed by atoms with Crippen molar-refractivity contribution in [2.24, 2.45) is 5.73 Å². The van der Waals surface area contributed by atoms with Crippen LogP contribution in [0.5, 0.6) is 0 Å². The fraction of sp³-hybridized carbons (Fsp3) is 0.357. The van der Waals surface area contributed by atoms with Crippen LogP contribution in [0.3, 0.4) is 0 Å². The second kappa shape index (κ2) is 5.15. The molecule has 2 unspecified atom stereocenters. The van der Waals surface area contributed by atoms with E-state index < -0.39 is 0 Å². The Kier molecular flexibility index (Phi) is 3.59. The third-order valence-electron chi connectivity index (χ3n) is 3.25. The second-order valence-electron chi connectivity index (χ2n) is 4.30.